The molecule has 1 aliphatic rings. The van der Waals surface area contributed by atoms with Gasteiger partial charge in [-0.2, -0.15) is 4.98 Å². The fraction of sp³-hybridized carbons (Fsp3) is 0.714. The molecule has 118 valence electrons. The van der Waals surface area contributed by atoms with E-state index >= 15 is 0 Å². The molecule has 1 saturated heterocycles. The van der Waals surface area contributed by atoms with Crippen LogP contribution < -0.4 is 10.6 Å². The van der Waals surface area contributed by atoms with E-state index in [1.54, 1.807) is 27.4 Å². The Labute approximate surface area is 129 Å². The Balaban J connectivity index is 1.93. The van der Waals surface area contributed by atoms with Crippen LogP contribution in [0.15, 0.2) is 17.1 Å². The predicted molar refractivity (Wildman–Crippen MR) is 84.8 cm³/mol. The topological polar surface area (TPSA) is 56.6 Å². The lowest BCUT2D eigenvalue weighted by Gasteiger charge is -2.17. The molecule has 1 aliphatic heterocycles. The van der Waals surface area contributed by atoms with Crippen molar-refractivity contribution >= 4 is 17.6 Å². The minimum atomic E-state index is -0.282. The van der Waals surface area contributed by atoms with Crippen molar-refractivity contribution in [3.63, 3.8) is 0 Å². The molecule has 0 radical (unpaired) electrons. The molecule has 0 saturated carbocycles. The van der Waals surface area contributed by atoms with Gasteiger partial charge in [0.25, 0.3) is 0 Å². The summed E-state index contributed by atoms with van der Waals surface area (Å²) in [4.78, 5) is 17.9. The number of nitrogens with zero attached hydrogens (tertiary/aromatic N) is 3. The molecule has 21 heavy (non-hydrogen) atoms. The standard InChI is InChI=1S/C14H23N3O3S/c1-10(2)7-19-8-13-20-12(9-21-13)17-6-5-11(16(3)4)15-14(17)18/h5-6,10,12-13H,7-9H2,1-4H3/t12-,13+/m0/s1. The van der Waals surface area contributed by atoms with Crippen molar-refractivity contribution < 1.29 is 9.47 Å². The Morgan fingerprint density at radius 3 is 2.95 bits per heavy atom. The van der Waals surface area contributed by atoms with Crippen LogP contribution in [-0.4, -0.2) is 48.0 Å². The molecule has 0 N–H and O–H groups in total. The zero-order valence-corrected chi connectivity index (χ0v) is 13.8. The van der Waals surface area contributed by atoms with Gasteiger partial charge in [0.1, 0.15) is 17.5 Å². The summed E-state index contributed by atoms with van der Waals surface area (Å²) in [6.07, 6.45) is 1.48. The molecule has 2 rings (SSSR count). The SMILES string of the molecule is CC(C)COC[C@@H]1O[C@H](n2ccc(N(C)C)nc2=O)CS1. The van der Waals surface area contributed by atoms with E-state index in [4.69, 9.17) is 9.47 Å². The van der Waals surface area contributed by atoms with Crippen LogP contribution in [0, 0.1) is 5.92 Å². The molecule has 0 spiro atoms. The Hall–Kier alpha value is -1.05. The summed E-state index contributed by atoms with van der Waals surface area (Å²) in [6.45, 7) is 5.51. The van der Waals surface area contributed by atoms with E-state index in [9.17, 15) is 4.79 Å². The number of rotatable bonds is 6. The van der Waals surface area contributed by atoms with Gasteiger partial charge in [-0.25, -0.2) is 4.79 Å². The Bertz CT molecular complexity index is 518. The second-order valence-corrected chi connectivity index (χ2v) is 6.85. The number of ether oxygens (including phenoxy) is 2. The maximum absolute atomic E-state index is 12.0. The molecule has 2 atom stereocenters. The zero-order valence-electron chi connectivity index (χ0n) is 13.0. The molecule has 0 unspecified atom stereocenters. The average molecular weight is 313 g/mol. The molecule has 6 nitrogen and oxygen atoms in total. The smallest absolute Gasteiger partial charge is 0.351 e. The van der Waals surface area contributed by atoms with E-state index in [1.165, 1.54) is 0 Å². The maximum atomic E-state index is 12.0. The minimum Gasteiger partial charge on any atom is -0.378 e. The lowest BCUT2D eigenvalue weighted by molar-refractivity contribution is -0.0286. The first-order valence-electron chi connectivity index (χ1n) is 7.08. The highest BCUT2D eigenvalue weighted by molar-refractivity contribution is 8.00. The average Bonchev–Trinajstić information content (AvgIpc) is 2.86. The number of thioether (sulfide) groups is 1. The van der Waals surface area contributed by atoms with Crippen molar-refractivity contribution in [2.24, 2.45) is 5.92 Å². The van der Waals surface area contributed by atoms with E-state index < -0.39 is 0 Å². The second kappa shape index (κ2) is 7.29. The lowest BCUT2D eigenvalue weighted by atomic mass is 10.2. The van der Waals surface area contributed by atoms with Crippen LogP contribution in [0.4, 0.5) is 5.82 Å². The van der Waals surface area contributed by atoms with Crippen LogP contribution >= 0.6 is 11.8 Å². The van der Waals surface area contributed by atoms with E-state index in [0.29, 0.717) is 18.3 Å². The van der Waals surface area contributed by atoms with Gasteiger partial charge in [0.15, 0.2) is 0 Å². The van der Waals surface area contributed by atoms with Crippen molar-refractivity contribution in [3.05, 3.63) is 22.7 Å². The molecule has 1 fully saturated rings. The highest BCUT2D eigenvalue weighted by atomic mass is 32.2. The predicted octanol–water partition coefficient (Wildman–Crippen LogP) is 1.57. The highest BCUT2D eigenvalue weighted by Gasteiger charge is 2.28. The summed E-state index contributed by atoms with van der Waals surface area (Å²) in [5.74, 6) is 1.90. The Morgan fingerprint density at radius 1 is 1.57 bits per heavy atom. The zero-order chi connectivity index (χ0) is 15.4. The third-order valence-electron chi connectivity index (χ3n) is 3.02. The third-order valence-corrected chi connectivity index (χ3v) is 4.12. The van der Waals surface area contributed by atoms with Crippen LogP contribution in [0.3, 0.4) is 0 Å². The van der Waals surface area contributed by atoms with Crippen molar-refractivity contribution in [3.8, 4) is 0 Å². The van der Waals surface area contributed by atoms with Crippen molar-refractivity contribution in [1.82, 2.24) is 9.55 Å². The summed E-state index contributed by atoms with van der Waals surface area (Å²) in [5.41, 5.74) is -0.301. The maximum Gasteiger partial charge on any atom is 0.351 e. The van der Waals surface area contributed by atoms with Gasteiger partial charge in [-0.15, -0.1) is 11.8 Å². The van der Waals surface area contributed by atoms with E-state index in [2.05, 4.69) is 18.8 Å². The van der Waals surface area contributed by atoms with Gasteiger partial charge in [-0.1, -0.05) is 13.8 Å². The number of hydrogen-bond acceptors (Lipinski definition) is 6. The summed E-state index contributed by atoms with van der Waals surface area (Å²) >= 11 is 1.67. The lowest BCUT2D eigenvalue weighted by Crippen LogP contribution is -2.30. The molecule has 0 bridgehead atoms. The first kappa shape index (κ1) is 16.3. The van der Waals surface area contributed by atoms with Crippen LogP contribution in [-0.2, 0) is 9.47 Å². The second-order valence-electron chi connectivity index (χ2n) is 5.65. The largest absolute Gasteiger partial charge is 0.378 e. The monoisotopic (exact) mass is 313 g/mol. The summed E-state index contributed by atoms with van der Waals surface area (Å²) < 4.78 is 13.0. The first-order chi connectivity index (χ1) is 9.97. The Kier molecular flexibility index (Phi) is 5.66. The van der Waals surface area contributed by atoms with E-state index in [-0.39, 0.29) is 17.4 Å². The fourth-order valence-electron chi connectivity index (χ4n) is 1.95. The first-order valence-corrected chi connectivity index (χ1v) is 8.13. The van der Waals surface area contributed by atoms with Crippen LogP contribution in [0.2, 0.25) is 0 Å². The van der Waals surface area contributed by atoms with Crippen molar-refractivity contribution in [2.45, 2.75) is 25.5 Å². The van der Waals surface area contributed by atoms with Crippen LogP contribution in [0.5, 0.6) is 0 Å². The molecular formula is C14H23N3O3S. The molecule has 0 aliphatic carbocycles. The molecule has 1 aromatic rings. The van der Waals surface area contributed by atoms with Gasteiger partial charge in [0.2, 0.25) is 0 Å². The van der Waals surface area contributed by atoms with Gasteiger partial charge >= 0.3 is 5.69 Å². The molecule has 0 aromatic carbocycles. The van der Waals surface area contributed by atoms with Gasteiger partial charge in [0, 0.05) is 32.7 Å². The quantitative estimate of drug-likeness (QED) is 0.794. The van der Waals surface area contributed by atoms with Crippen molar-refractivity contribution in [1.29, 1.82) is 0 Å². The molecule has 7 heteroatoms. The van der Waals surface area contributed by atoms with Gasteiger partial charge < -0.3 is 14.4 Å². The van der Waals surface area contributed by atoms with Crippen LogP contribution in [0.25, 0.3) is 0 Å². The van der Waals surface area contributed by atoms with E-state index in [1.807, 2.05) is 20.2 Å². The number of anilines is 1. The number of aromatic nitrogens is 2. The Morgan fingerprint density at radius 2 is 2.33 bits per heavy atom. The minimum absolute atomic E-state index is 0.0193. The molecular weight excluding hydrogens is 290 g/mol. The molecule has 1 aromatic heterocycles. The van der Waals surface area contributed by atoms with Crippen LogP contribution in [0.1, 0.15) is 20.1 Å². The highest BCUT2D eigenvalue weighted by Crippen LogP contribution is 2.31. The fourth-order valence-corrected chi connectivity index (χ4v) is 2.97. The van der Waals surface area contributed by atoms with Gasteiger partial charge in [-0.05, 0) is 12.0 Å². The van der Waals surface area contributed by atoms with Gasteiger partial charge in [0.05, 0.1) is 6.61 Å². The molecule has 2 heterocycles. The van der Waals surface area contributed by atoms with Gasteiger partial charge in [-0.3, -0.25) is 4.57 Å². The molecule has 0 amide bonds. The normalized spacial score (nSPS) is 22.0. The summed E-state index contributed by atoms with van der Waals surface area (Å²) in [6, 6.07) is 1.82. The summed E-state index contributed by atoms with van der Waals surface area (Å²) in [7, 11) is 3.71. The van der Waals surface area contributed by atoms with E-state index in [0.717, 1.165) is 12.4 Å². The third kappa shape index (κ3) is 4.46. The summed E-state index contributed by atoms with van der Waals surface area (Å²) in [5, 5.41) is 0. The number of hydrogen-bond donors (Lipinski definition) is 0. The van der Waals surface area contributed by atoms with Crippen molar-refractivity contribution in [2.75, 3.05) is 38.0 Å².